The number of methoxy groups -OCH3 is 1. The molecule has 3 rings (SSSR count). The highest BCUT2D eigenvalue weighted by molar-refractivity contribution is 5.85. The molecule has 1 N–H and O–H groups in total. The Morgan fingerprint density at radius 3 is 3.00 bits per heavy atom. The third kappa shape index (κ3) is 2.68. The third-order valence-electron chi connectivity index (χ3n) is 3.74. The van der Waals surface area contributed by atoms with Gasteiger partial charge in [0, 0.05) is 12.7 Å². The number of halogens is 1. The second-order valence-corrected chi connectivity index (χ2v) is 5.03. The van der Waals surface area contributed by atoms with Gasteiger partial charge in [0.25, 0.3) is 0 Å². The Balaban J connectivity index is 0.00000120. The van der Waals surface area contributed by atoms with Crippen molar-refractivity contribution in [3.05, 3.63) is 30.1 Å². The Hall–Kier alpha value is -1.06. The summed E-state index contributed by atoms with van der Waals surface area (Å²) < 4.78 is 5.24. The van der Waals surface area contributed by atoms with Crippen molar-refractivity contribution in [3.8, 4) is 5.75 Å². The lowest BCUT2D eigenvalue weighted by Crippen LogP contribution is -2.37. The van der Waals surface area contributed by atoms with Crippen LogP contribution in [0.2, 0.25) is 0 Å². The summed E-state index contributed by atoms with van der Waals surface area (Å²) in [4.78, 5) is 4.24. The minimum Gasteiger partial charge on any atom is -0.495 e. The Morgan fingerprint density at radius 1 is 1.33 bits per heavy atom. The van der Waals surface area contributed by atoms with Gasteiger partial charge in [-0.1, -0.05) is 6.08 Å². The van der Waals surface area contributed by atoms with E-state index in [1.54, 1.807) is 13.3 Å². The minimum absolute atomic E-state index is 0. The Morgan fingerprint density at radius 2 is 2.22 bits per heavy atom. The molecule has 98 valence electrons. The van der Waals surface area contributed by atoms with Gasteiger partial charge in [0.1, 0.15) is 5.75 Å². The van der Waals surface area contributed by atoms with Gasteiger partial charge in [0.05, 0.1) is 13.3 Å². The SMILES string of the molecule is COc1cncc(C2=C[C@@H]3CNC[C@H](C2)C3)c1.Cl. The van der Waals surface area contributed by atoms with Gasteiger partial charge >= 0.3 is 0 Å². The van der Waals surface area contributed by atoms with E-state index < -0.39 is 0 Å². The fourth-order valence-electron chi connectivity index (χ4n) is 2.93. The summed E-state index contributed by atoms with van der Waals surface area (Å²) in [6.45, 7) is 2.28. The maximum Gasteiger partial charge on any atom is 0.137 e. The van der Waals surface area contributed by atoms with Gasteiger partial charge in [-0.15, -0.1) is 12.4 Å². The van der Waals surface area contributed by atoms with Gasteiger partial charge in [-0.05, 0) is 48.4 Å². The quantitative estimate of drug-likeness (QED) is 0.893. The van der Waals surface area contributed by atoms with E-state index >= 15 is 0 Å². The summed E-state index contributed by atoms with van der Waals surface area (Å²) >= 11 is 0. The summed E-state index contributed by atoms with van der Waals surface area (Å²) in [5.41, 5.74) is 2.67. The number of rotatable bonds is 2. The Labute approximate surface area is 114 Å². The summed E-state index contributed by atoms with van der Waals surface area (Å²) in [6, 6.07) is 2.09. The van der Waals surface area contributed by atoms with Crippen LogP contribution in [0.25, 0.3) is 5.57 Å². The highest BCUT2D eigenvalue weighted by Crippen LogP contribution is 2.35. The van der Waals surface area contributed by atoms with Gasteiger partial charge in [-0.25, -0.2) is 0 Å². The molecule has 2 aliphatic rings. The first kappa shape index (κ1) is 13.4. The first-order valence-corrected chi connectivity index (χ1v) is 6.26. The van der Waals surface area contributed by atoms with Crippen LogP contribution in [0.15, 0.2) is 24.5 Å². The molecule has 0 unspecified atom stereocenters. The second-order valence-electron chi connectivity index (χ2n) is 5.03. The van der Waals surface area contributed by atoms with Crippen LogP contribution in [0.4, 0.5) is 0 Å². The second kappa shape index (κ2) is 5.72. The highest BCUT2D eigenvalue weighted by Gasteiger charge is 2.26. The van der Waals surface area contributed by atoms with E-state index in [2.05, 4.69) is 22.4 Å². The molecule has 2 heterocycles. The lowest BCUT2D eigenvalue weighted by molar-refractivity contribution is 0.316. The normalized spacial score (nSPS) is 25.9. The smallest absolute Gasteiger partial charge is 0.137 e. The molecule has 2 bridgehead atoms. The van der Waals surface area contributed by atoms with Crippen molar-refractivity contribution in [1.29, 1.82) is 0 Å². The lowest BCUT2D eigenvalue weighted by atomic mass is 9.78. The molecule has 1 saturated heterocycles. The van der Waals surface area contributed by atoms with Gasteiger partial charge in [-0.3, -0.25) is 4.98 Å². The van der Waals surface area contributed by atoms with E-state index in [0.717, 1.165) is 24.8 Å². The minimum atomic E-state index is 0. The Bertz CT molecular complexity index is 447. The zero-order valence-corrected chi connectivity index (χ0v) is 11.4. The summed E-state index contributed by atoms with van der Waals surface area (Å²) in [5, 5.41) is 3.50. The molecular formula is C14H19ClN2O. The molecule has 0 radical (unpaired) electrons. The predicted molar refractivity (Wildman–Crippen MR) is 75.1 cm³/mol. The van der Waals surface area contributed by atoms with Gasteiger partial charge < -0.3 is 10.1 Å². The zero-order chi connectivity index (χ0) is 11.7. The van der Waals surface area contributed by atoms with Gasteiger partial charge in [-0.2, -0.15) is 0 Å². The van der Waals surface area contributed by atoms with E-state index in [4.69, 9.17) is 4.74 Å². The van der Waals surface area contributed by atoms with Crippen molar-refractivity contribution in [1.82, 2.24) is 10.3 Å². The molecule has 1 aromatic heterocycles. The van der Waals surface area contributed by atoms with E-state index in [-0.39, 0.29) is 12.4 Å². The molecule has 18 heavy (non-hydrogen) atoms. The van der Waals surface area contributed by atoms with Crippen molar-refractivity contribution >= 4 is 18.0 Å². The van der Waals surface area contributed by atoms with Crippen molar-refractivity contribution < 1.29 is 4.74 Å². The monoisotopic (exact) mass is 266 g/mol. The molecule has 2 atom stereocenters. The number of pyridine rings is 1. The average molecular weight is 267 g/mol. The average Bonchev–Trinajstić information content (AvgIpc) is 2.38. The number of allylic oxidation sites excluding steroid dienone is 1. The first-order chi connectivity index (χ1) is 8.35. The van der Waals surface area contributed by atoms with Crippen LogP contribution in [0, 0.1) is 11.8 Å². The molecule has 0 spiro atoms. The van der Waals surface area contributed by atoms with Crippen LogP contribution >= 0.6 is 12.4 Å². The van der Waals surface area contributed by atoms with Crippen molar-refractivity contribution in [2.45, 2.75) is 12.8 Å². The summed E-state index contributed by atoms with van der Waals surface area (Å²) in [5.74, 6) is 2.33. The molecular weight excluding hydrogens is 248 g/mol. The maximum absolute atomic E-state index is 5.24. The number of nitrogens with zero attached hydrogens (tertiary/aromatic N) is 1. The van der Waals surface area contributed by atoms with Crippen LogP contribution in [0.1, 0.15) is 18.4 Å². The van der Waals surface area contributed by atoms with Crippen LogP contribution in [0.5, 0.6) is 5.75 Å². The molecule has 1 aliphatic heterocycles. The number of aromatic nitrogens is 1. The molecule has 0 saturated carbocycles. The largest absolute Gasteiger partial charge is 0.495 e. The number of piperidine rings is 1. The van der Waals surface area contributed by atoms with Crippen molar-refractivity contribution in [2.75, 3.05) is 20.2 Å². The molecule has 0 amide bonds. The van der Waals surface area contributed by atoms with Crippen LogP contribution in [-0.4, -0.2) is 25.2 Å². The fourth-order valence-corrected chi connectivity index (χ4v) is 2.93. The molecule has 1 aromatic rings. The maximum atomic E-state index is 5.24. The zero-order valence-electron chi connectivity index (χ0n) is 10.6. The molecule has 3 nitrogen and oxygen atoms in total. The van der Waals surface area contributed by atoms with Crippen LogP contribution in [0.3, 0.4) is 0 Å². The molecule has 0 aromatic carbocycles. The van der Waals surface area contributed by atoms with Crippen LogP contribution < -0.4 is 10.1 Å². The van der Waals surface area contributed by atoms with E-state index in [9.17, 15) is 0 Å². The standard InChI is InChI=1S/C14H18N2O.ClH/c1-17-14-5-13(8-16-9-14)12-3-10-2-11(4-12)7-15-6-10;/h3,5,8-11,15H,2,4,6-7H2,1H3;1H/t10-,11+;/m1./s1. The van der Waals surface area contributed by atoms with E-state index in [0.29, 0.717) is 5.92 Å². The molecule has 4 heteroatoms. The summed E-state index contributed by atoms with van der Waals surface area (Å²) in [7, 11) is 1.69. The highest BCUT2D eigenvalue weighted by atomic mass is 35.5. The number of ether oxygens (including phenoxy) is 1. The summed E-state index contributed by atoms with van der Waals surface area (Å²) in [6.07, 6.45) is 8.63. The van der Waals surface area contributed by atoms with Crippen molar-refractivity contribution in [3.63, 3.8) is 0 Å². The van der Waals surface area contributed by atoms with Gasteiger partial charge in [0.15, 0.2) is 0 Å². The number of hydrogen-bond acceptors (Lipinski definition) is 3. The van der Waals surface area contributed by atoms with E-state index in [1.807, 2.05) is 6.20 Å². The fraction of sp³-hybridized carbons (Fsp3) is 0.500. The Kier molecular flexibility index (Phi) is 4.25. The lowest BCUT2D eigenvalue weighted by Gasteiger charge is -2.34. The van der Waals surface area contributed by atoms with Crippen LogP contribution in [-0.2, 0) is 0 Å². The first-order valence-electron chi connectivity index (χ1n) is 6.26. The molecule has 1 aliphatic carbocycles. The third-order valence-corrected chi connectivity index (χ3v) is 3.74. The number of fused-ring (bicyclic) bond motifs is 2. The van der Waals surface area contributed by atoms with E-state index in [1.165, 1.54) is 24.0 Å². The molecule has 1 fully saturated rings. The number of nitrogens with one attached hydrogen (secondary N) is 1. The van der Waals surface area contributed by atoms with Gasteiger partial charge in [0.2, 0.25) is 0 Å². The van der Waals surface area contributed by atoms with Crippen molar-refractivity contribution in [2.24, 2.45) is 11.8 Å². The number of hydrogen-bond donors (Lipinski definition) is 1. The predicted octanol–water partition coefficient (Wildman–Crippen LogP) is 2.52. The topological polar surface area (TPSA) is 34.1 Å².